The molecule has 1 fully saturated rings. The predicted octanol–water partition coefficient (Wildman–Crippen LogP) is 4.11. The lowest BCUT2D eigenvalue weighted by Gasteiger charge is -2.45. The van der Waals surface area contributed by atoms with E-state index in [1.807, 2.05) is 29.2 Å². The lowest BCUT2D eigenvalue weighted by atomic mass is 9.89. The Bertz CT molecular complexity index is 968. The van der Waals surface area contributed by atoms with E-state index in [-0.39, 0.29) is 24.2 Å². The molecule has 4 rings (SSSR count). The molecule has 1 heterocycles. The Morgan fingerprint density at radius 1 is 1.17 bits per heavy atom. The summed E-state index contributed by atoms with van der Waals surface area (Å²) in [6, 6.07) is 14.0. The second-order valence-electron chi connectivity index (χ2n) is 7.99. The summed E-state index contributed by atoms with van der Waals surface area (Å²) in [4.78, 5) is 30.2. The molecule has 0 bridgehead atoms. The zero-order valence-corrected chi connectivity index (χ0v) is 16.9. The van der Waals surface area contributed by atoms with Gasteiger partial charge in [-0.2, -0.15) is 0 Å². The average Bonchev–Trinajstić information content (AvgIpc) is 3.21. The summed E-state index contributed by atoms with van der Waals surface area (Å²) in [7, 11) is 0. The largest absolute Gasteiger partial charge is 0.322 e. The van der Waals surface area contributed by atoms with Crippen molar-refractivity contribution in [3.8, 4) is 0 Å². The Morgan fingerprint density at radius 3 is 2.60 bits per heavy atom. The highest BCUT2D eigenvalue weighted by Gasteiger charge is 2.52. The number of halogens is 1. The van der Waals surface area contributed by atoms with Gasteiger partial charge in [-0.25, -0.2) is 4.39 Å². The lowest BCUT2D eigenvalue weighted by Crippen LogP contribution is -2.62. The number of amides is 2. The Labute approximate surface area is 176 Å². The molecule has 2 aliphatic rings. The molecule has 5 nitrogen and oxygen atoms in total. The highest BCUT2D eigenvalue weighted by atomic mass is 19.1. The number of nitrogens with one attached hydrogen (secondary N) is 1. The molecule has 2 aromatic carbocycles. The van der Waals surface area contributed by atoms with E-state index in [2.05, 4.69) is 11.9 Å². The molecule has 1 aliphatic heterocycles. The summed E-state index contributed by atoms with van der Waals surface area (Å²) in [6.45, 7) is 4.58. The fraction of sp³-hybridized carbons (Fsp3) is 0.333. The minimum absolute atomic E-state index is 0.0731. The lowest BCUT2D eigenvalue weighted by molar-refractivity contribution is -0.128. The number of para-hydroxylation sites is 2. The van der Waals surface area contributed by atoms with Crippen molar-refractivity contribution in [3.05, 3.63) is 72.6 Å². The van der Waals surface area contributed by atoms with Crippen molar-refractivity contribution in [2.45, 2.75) is 37.8 Å². The zero-order valence-electron chi connectivity index (χ0n) is 16.9. The van der Waals surface area contributed by atoms with Crippen LogP contribution in [0.1, 0.15) is 31.2 Å². The van der Waals surface area contributed by atoms with Crippen LogP contribution in [0.15, 0.2) is 61.2 Å². The van der Waals surface area contributed by atoms with E-state index in [0.717, 1.165) is 18.5 Å². The number of rotatable bonds is 6. The molecule has 2 amide bonds. The van der Waals surface area contributed by atoms with Crippen LogP contribution >= 0.6 is 0 Å². The van der Waals surface area contributed by atoms with Gasteiger partial charge in [-0.05, 0) is 31.0 Å². The number of nitrogens with zero attached hydrogens (tertiary/aromatic N) is 2. The molecule has 6 heteroatoms. The van der Waals surface area contributed by atoms with Crippen molar-refractivity contribution in [1.82, 2.24) is 4.90 Å². The maximum absolute atomic E-state index is 14.2. The van der Waals surface area contributed by atoms with Gasteiger partial charge < -0.3 is 5.32 Å². The molecule has 1 aliphatic carbocycles. The van der Waals surface area contributed by atoms with Crippen molar-refractivity contribution in [2.75, 3.05) is 23.3 Å². The number of anilines is 2. The maximum atomic E-state index is 14.2. The van der Waals surface area contributed by atoms with E-state index < -0.39 is 5.54 Å². The van der Waals surface area contributed by atoms with Gasteiger partial charge >= 0.3 is 0 Å². The molecule has 0 atom stereocenters. The molecule has 1 N–H and O–H groups in total. The van der Waals surface area contributed by atoms with E-state index in [1.54, 1.807) is 29.2 Å². The molecule has 1 saturated carbocycles. The van der Waals surface area contributed by atoms with Gasteiger partial charge in [-0.15, -0.1) is 6.58 Å². The summed E-state index contributed by atoms with van der Waals surface area (Å²) >= 11 is 0. The van der Waals surface area contributed by atoms with Crippen LogP contribution in [0, 0.1) is 5.82 Å². The number of carbonyl (C=O) groups is 2. The van der Waals surface area contributed by atoms with Crippen LogP contribution in [0.5, 0.6) is 0 Å². The molecule has 30 heavy (non-hydrogen) atoms. The van der Waals surface area contributed by atoms with E-state index in [9.17, 15) is 14.0 Å². The fourth-order valence-corrected chi connectivity index (χ4v) is 4.63. The molecule has 0 radical (unpaired) electrons. The van der Waals surface area contributed by atoms with Gasteiger partial charge in [0.2, 0.25) is 5.91 Å². The summed E-state index contributed by atoms with van der Waals surface area (Å²) in [5.74, 6) is -0.567. The Morgan fingerprint density at radius 2 is 1.87 bits per heavy atom. The Hall–Kier alpha value is -2.99. The minimum Gasteiger partial charge on any atom is -0.322 e. The zero-order chi connectivity index (χ0) is 21.1. The van der Waals surface area contributed by atoms with Crippen LogP contribution in [0.2, 0.25) is 0 Å². The third-order valence-corrected chi connectivity index (χ3v) is 6.02. The minimum atomic E-state index is -0.844. The van der Waals surface area contributed by atoms with Gasteiger partial charge in [0.15, 0.2) is 0 Å². The van der Waals surface area contributed by atoms with Crippen molar-refractivity contribution in [3.63, 3.8) is 0 Å². The first-order valence-corrected chi connectivity index (χ1v) is 10.4. The van der Waals surface area contributed by atoms with Crippen LogP contribution in [0.4, 0.5) is 15.8 Å². The second-order valence-corrected chi connectivity index (χ2v) is 7.99. The smallest absolute Gasteiger partial charge is 0.250 e. The van der Waals surface area contributed by atoms with E-state index >= 15 is 0 Å². The molecular formula is C24H26FN3O2. The summed E-state index contributed by atoms with van der Waals surface area (Å²) in [5.41, 5.74) is 1.06. The van der Waals surface area contributed by atoms with Gasteiger partial charge in [0.1, 0.15) is 11.4 Å². The number of carbonyl (C=O) groups excluding carboxylic acids is 2. The van der Waals surface area contributed by atoms with Crippen molar-refractivity contribution in [1.29, 1.82) is 0 Å². The van der Waals surface area contributed by atoms with Gasteiger partial charge in [-0.1, -0.05) is 49.2 Å². The van der Waals surface area contributed by atoms with E-state index in [0.29, 0.717) is 37.2 Å². The SMILES string of the molecule is C=CCN(CC(=O)N1c2ccccc2NC(=O)C12CCCC2)Cc1ccccc1F. The second kappa shape index (κ2) is 8.40. The number of fused-ring (bicyclic) bond motifs is 1. The molecule has 156 valence electrons. The van der Waals surface area contributed by atoms with Crippen LogP contribution in [0.3, 0.4) is 0 Å². The van der Waals surface area contributed by atoms with Gasteiger partial charge in [0, 0.05) is 18.7 Å². The summed E-state index contributed by atoms with van der Waals surface area (Å²) in [5, 5.41) is 2.99. The van der Waals surface area contributed by atoms with Crippen LogP contribution in [-0.4, -0.2) is 35.3 Å². The van der Waals surface area contributed by atoms with Gasteiger partial charge in [0.25, 0.3) is 5.91 Å². The highest BCUT2D eigenvalue weighted by molar-refractivity contribution is 6.15. The third kappa shape index (κ3) is 3.63. The van der Waals surface area contributed by atoms with E-state index in [4.69, 9.17) is 0 Å². The quantitative estimate of drug-likeness (QED) is 0.733. The first-order valence-electron chi connectivity index (χ1n) is 10.4. The predicted molar refractivity (Wildman–Crippen MR) is 116 cm³/mol. The molecular weight excluding hydrogens is 381 g/mol. The Kier molecular flexibility index (Phi) is 5.68. The van der Waals surface area contributed by atoms with Crippen LogP contribution in [0.25, 0.3) is 0 Å². The first kappa shape index (κ1) is 20.3. The Balaban J connectivity index is 1.64. The molecule has 0 aromatic heterocycles. The maximum Gasteiger partial charge on any atom is 0.250 e. The van der Waals surface area contributed by atoms with Crippen molar-refractivity contribution >= 4 is 23.2 Å². The average molecular weight is 407 g/mol. The molecule has 0 saturated heterocycles. The highest BCUT2D eigenvalue weighted by Crippen LogP contribution is 2.45. The number of benzene rings is 2. The summed E-state index contributed by atoms with van der Waals surface area (Å²) in [6.07, 6.45) is 4.81. The third-order valence-electron chi connectivity index (χ3n) is 6.02. The topological polar surface area (TPSA) is 52.7 Å². The summed E-state index contributed by atoms with van der Waals surface area (Å²) < 4.78 is 14.2. The molecule has 0 unspecified atom stereocenters. The monoisotopic (exact) mass is 407 g/mol. The van der Waals surface area contributed by atoms with Crippen LogP contribution in [-0.2, 0) is 16.1 Å². The van der Waals surface area contributed by atoms with Gasteiger partial charge in [-0.3, -0.25) is 19.4 Å². The van der Waals surface area contributed by atoms with Gasteiger partial charge in [0.05, 0.1) is 17.9 Å². The molecule has 2 aromatic rings. The first-order chi connectivity index (χ1) is 14.5. The number of hydrogen-bond acceptors (Lipinski definition) is 3. The fourth-order valence-electron chi connectivity index (χ4n) is 4.63. The normalized spacial score (nSPS) is 17.1. The molecule has 1 spiro atoms. The van der Waals surface area contributed by atoms with E-state index in [1.165, 1.54) is 6.07 Å². The van der Waals surface area contributed by atoms with Crippen molar-refractivity contribution < 1.29 is 14.0 Å². The number of hydrogen-bond donors (Lipinski definition) is 1. The van der Waals surface area contributed by atoms with Crippen molar-refractivity contribution in [2.24, 2.45) is 0 Å². The van der Waals surface area contributed by atoms with Crippen LogP contribution < -0.4 is 10.2 Å². The standard InChI is InChI=1S/C24H26FN3O2/c1-2-15-27(16-18-9-3-4-10-19(18)25)17-22(29)28-21-12-6-5-11-20(21)26-23(30)24(28)13-7-8-14-24/h2-6,9-12H,1,7-8,13-17H2,(H,26,30).